The van der Waals surface area contributed by atoms with Crippen LogP contribution in [0.4, 0.5) is 5.69 Å². The molecule has 0 aliphatic rings. The zero-order chi connectivity index (χ0) is 21.2. The first kappa shape index (κ1) is 20.9. The van der Waals surface area contributed by atoms with Gasteiger partial charge in [0, 0.05) is 12.4 Å². The second-order valence-electron chi connectivity index (χ2n) is 7.83. The van der Waals surface area contributed by atoms with Gasteiger partial charge in [0.25, 0.3) is 10.0 Å². The van der Waals surface area contributed by atoms with Gasteiger partial charge in [0.1, 0.15) is 17.3 Å². The van der Waals surface area contributed by atoms with E-state index in [0.29, 0.717) is 36.0 Å². The molecular formula is C20H27N5O3S. The van der Waals surface area contributed by atoms with Crippen molar-refractivity contribution in [3.63, 3.8) is 0 Å². The van der Waals surface area contributed by atoms with Crippen LogP contribution in [0.2, 0.25) is 0 Å². The maximum absolute atomic E-state index is 13.2. The topological polar surface area (TPSA) is 91.0 Å². The molecule has 0 aliphatic carbocycles. The molecule has 0 saturated carbocycles. The van der Waals surface area contributed by atoms with E-state index in [1.54, 1.807) is 55.3 Å². The first-order valence-corrected chi connectivity index (χ1v) is 10.8. The van der Waals surface area contributed by atoms with Crippen LogP contribution in [0.1, 0.15) is 32.2 Å². The molecule has 1 aromatic carbocycles. The molecule has 8 nitrogen and oxygen atoms in total. The van der Waals surface area contributed by atoms with Gasteiger partial charge in [-0.15, -0.1) is 0 Å². The standard InChI is InChI=1S/C20H27N5O3S/c1-15-19(16(2)25(22-15)20(3,4)5)29(26,27)23-17-8-6-7-9-18(17)28-13-12-24-11-10-21-14-24/h6-11,14,23H,12-13H2,1-5H3. The molecule has 0 aliphatic heterocycles. The zero-order valence-corrected chi connectivity index (χ0v) is 18.2. The van der Waals surface area contributed by atoms with E-state index in [1.165, 1.54) is 0 Å². The summed E-state index contributed by atoms with van der Waals surface area (Å²) in [5.41, 5.74) is 1.13. The highest BCUT2D eigenvalue weighted by Crippen LogP contribution is 2.30. The number of aryl methyl sites for hydroxylation is 1. The van der Waals surface area contributed by atoms with Gasteiger partial charge in [0.2, 0.25) is 0 Å². The molecule has 1 N–H and O–H groups in total. The molecule has 0 bridgehead atoms. The van der Waals surface area contributed by atoms with Crippen LogP contribution >= 0.6 is 0 Å². The zero-order valence-electron chi connectivity index (χ0n) is 17.4. The summed E-state index contributed by atoms with van der Waals surface area (Å²) in [6.07, 6.45) is 5.25. The van der Waals surface area contributed by atoms with Gasteiger partial charge in [-0.1, -0.05) is 12.1 Å². The highest BCUT2D eigenvalue weighted by atomic mass is 32.2. The summed E-state index contributed by atoms with van der Waals surface area (Å²) in [6.45, 7) is 10.4. The minimum absolute atomic E-state index is 0.195. The van der Waals surface area contributed by atoms with Crippen LogP contribution in [0.3, 0.4) is 0 Å². The molecule has 3 rings (SSSR count). The number of benzene rings is 1. The van der Waals surface area contributed by atoms with E-state index in [0.717, 1.165) is 0 Å². The van der Waals surface area contributed by atoms with Crippen molar-refractivity contribution in [1.29, 1.82) is 0 Å². The molecule has 0 fully saturated rings. The van der Waals surface area contributed by atoms with Crippen LogP contribution in [0.5, 0.6) is 5.75 Å². The van der Waals surface area contributed by atoms with Gasteiger partial charge in [-0.2, -0.15) is 5.10 Å². The molecule has 0 amide bonds. The number of rotatable bonds is 7. The number of para-hydroxylation sites is 2. The number of hydrogen-bond donors (Lipinski definition) is 1. The number of anilines is 1. The normalized spacial score (nSPS) is 12.2. The second-order valence-corrected chi connectivity index (χ2v) is 9.45. The maximum atomic E-state index is 13.2. The first-order valence-electron chi connectivity index (χ1n) is 9.36. The fourth-order valence-corrected chi connectivity index (χ4v) is 4.69. The van der Waals surface area contributed by atoms with Crippen molar-refractivity contribution in [2.24, 2.45) is 0 Å². The van der Waals surface area contributed by atoms with E-state index in [9.17, 15) is 8.42 Å². The predicted molar refractivity (Wildman–Crippen MR) is 112 cm³/mol. The van der Waals surface area contributed by atoms with Crippen molar-refractivity contribution in [3.05, 3.63) is 54.4 Å². The van der Waals surface area contributed by atoms with Crippen LogP contribution in [-0.2, 0) is 22.1 Å². The average molecular weight is 418 g/mol. The van der Waals surface area contributed by atoms with Crippen molar-refractivity contribution in [1.82, 2.24) is 19.3 Å². The van der Waals surface area contributed by atoms with Crippen molar-refractivity contribution in [3.8, 4) is 5.75 Å². The molecule has 0 spiro atoms. The predicted octanol–water partition coefficient (Wildman–Crippen LogP) is 3.33. The van der Waals surface area contributed by atoms with E-state index in [2.05, 4.69) is 14.8 Å². The fraction of sp³-hybridized carbons (Fsp3) is 0.400. The lowest BCUT2D eigenvalue weighted by Crippen LogP contribution is -2.25. The Labute approximate surface area is 171 Å². The fourth-order valence-electron chi connectivity index (χ4n) is 3.22. The Morgan fingerprint density at radius 2 is 1.90 bits per heavy atom. The molecule has 0 atom stereocenters. The van der Waals surface area contributed by atoms with Gasteiger partial charge >= 0.3 is 0 Å². The Morgan fingerprint density at radius 3 is 2.52 bits per heavy atom. The van der Waals surface area contributed by atoms with Crippen molar-refractivity contribution < 1.29 is 13.2 Å². The maximum Gasteiger partial charge on any atom is 0.265 e. The quantitative estimate of drug-likeness (QED) is 0.637. The van der Waals surface area contributed by atoms with Gasteiger partial charge in [-0.3, -0.25) is 9.40 Å². The molecule has 2 aromatic heterocycles. The van der Waals surface area contributed by atoms with Gasteiger partial charge in [-0.25, -0.2) is 13.4 Å². The van der Waals surface area contributed by atoms with E-state index < -0.39 is 10.0 Å². The molecule has 2 heterocycles. The van der Waals surface area contributed by atoms with Crippen molar-refractivity contribution >= 4 is 15.7 Å². The molecule has 3 aromatic rings. The summed E-state index contributed by atoms with van der Waals surface area (Å²) in [6, 6.07) is 6.99. The average Bonchev–Trinajstić information content (AvgIpc) is 3.23. The minimum Gasteiger partial charge on any atom is -0.490 e. The van der Waals surface area contributed by atoms with E-state index in [1.807, 2.05) is 31.5 Å². The number of ether oxygens (including phenoxy) is 1. The Kier molecular flexibility index (Phi) is 5.70. The number of nitrogens with zero attached hydrogens (tertiary/aromatic N) is 4. The lowest BCUT2D eigenvalue weighted by atomic mass is 10.1. The Bertz CT molecular complexity index is 1080. The molecule has 9 heteroatoms. The lowest BCUT2D eigenvalue weighted by Gasteiger charge is -2.21. The summed E-state index contributed by atoms with van der Waals surface area (Å²) >= 11 is 0. The third-order valence-electron chi connectivity index (χ3n) is 4.43. The number of hydrogen-bond acceptors (Lipinski definition) is 5. The van der Waals surface area contributed by atoms with Crippen molar-refractivity contribution in [2.45, 2.75) is 51.6 Å². The first-order chi connectivity index (χ1) is 13.6. The highest BCUT2D eigenvalue weighted by molar-refractivity contribution is 7.92. The van der Waals surface area contributed by atoms with Gasteiger partial charge in [0.05, 0.1) is 35.5 Å². The summed E-state index contributed by atoms with van der Waals surface area (Å²) in [7, 11) is -3.83. The highest BCUT2D eigenvalue weighted by Gasteiger charge is 2.29. The van der Waals surface area contributed by atoms with Crippen LogP contribution in [0.15, 0.2) is 47.9 Å². The number of aromatic nitrogens is 4. The molecule has 0 radical (unpaired) electrons. The number of sulfonamides is 1. The summed E-state index contributed by atoms with van der Waals surface area (Å²) in [5, 5.41) is 4.45. The Morgan fingerprint density at radius 1 is 1.17 bits per heavy atom. The van der Waals surface area contributed by atoms with Crippen LogP contribution in [0.25, 0.3) is 0 Å². The largest absolute Gasteiger partial charge is 0.490 e. The number of nitrogens with one attached hydrogen (secondary N) is 1. The molecule has 0 saturated heterocycles. The molecule has 156 valence electrons. The Balaban J connectivity index is 1.83. The van der Waals surface area contributed by atoms with Crippen LogP contribution < -0.4 is 9.46 Å². The van der Waals surface area contributed by atoms with Crippen molar-refractivity contribution in [2.75, 3.05) is 11.3 Å². The van der Waals surface area contributed by atoms with Gasteiger partial charge < -0.3 is 9.30 Å². The summed E-state index contributed by atoms with van der Waals surface area (Å²) in [5.74, 6) is 0.467. The van der Waals surface area contributed by atoms with Crippen LogP contribution in [0, 0.1) is 13.8 Å². The summed E-state index contributed by atoms with van der Waals surface area (Å²) < 4.78 is 38.4. The van der Waals surface area contributed by atoms with E-state index in [-0.39, 0.29) is 10.4 Å². The monoisotopic (exact) mass is 417 g/mol. The molecule has 0 unspecified atom stereocenters. The van der Waals surface area contributed by atoms with Gasteiger partial charge in [0.15, 0.2) is 0 Å². The van der Waals surface area contributed by atoms with Gasteiger partial charge in [-0.05, 0) is 46.8 Å². The molecule has 29 heavy (non-hydrogen) atoms. The second kappa shape index (κ2) is 7.90. The van der Waals surface area contributed by atoms with Crippen LogP contribution in [-0.4, -0.2) is 34.4 Å². The SMILES string of the molecule is Cc1nn(C(C)(C)C)c(C)c1S(=O)(=O)Nc1ccccc1OCCn1ccnc1. The third kappa shape index (κ3) is 4.61. The third-order valence-corrected chi connectivity index (χ3v) is 6.04. The molecular weight excluding hydrogens is 390 g/mol. The Hall–Kier alpha value is -2.81. The lowest BCUT2D eigenvalue weighted by molar-refractivity contribution is 0.300. The summed E-state index contributed by atoms with van der Waals surface area (Å²) in [4.78, 5) is 4.19. The number of imidazole rings is 1. The van der Waals surface area contributed by atoms with E-state index in [4.69, 9.17) is 4.74 Å². The minimum atomic E-state index is -3.83. The smallest absolute Gasteiger partial charge is 0.265 e. The van der Waals surface area contributed by atoms with E-state index >= 15 is 0 Å².